The highest BCUT2D eigenvalue weighted by atomic mass is 19.4. The average Bonchev–Trinajstić information content (AvgIpc) is 2.64. The predicted molar refractivity (Wildman–Crippen MR) is 65.7 cm³/mol. The SMILES string of the molecule is CC1(C)[C@H](C(F)(F)F)CCN1C(=O)[C@H]1CCC(=O)NC1. The van der Waals surface area contributed by atoms with E-state index in [2.05, 4.69) is 5.32 Å². The van der Waals surface area contributed by atoms with Gasteiger partial charge in [0.1, 0.15) is 0 Å². The van der Waals surface area contributed by atoms with E-state index in [0.29, 0.717) is 6.42 Å². The van der Waals surface area contributed by atoms with Crippen molar-refractivity contribution in [2.75, 3.05) is 13.1 Å². The standard InChI is InChI=1S/C13H19F3N2O2/c1-12(2)9(13(14,15)16)5-6-18(12)11(20)8-3-4-10(19)17-7-8/h8-9H,3-7H2,1-2H3,(H,17,19)/t8-,9+/m0/s1. The second kappa shape index (κ2) is 4.93. The topological polar surface area (TPSA) is 49.4 Å². The van der Waals surface area contributed by atoms with Gasteiger partial charge < -0.3 is 10.2 Å². The van der Waals surface area contributed by atoms with Gasteiger partial charge in [-0.3, -0.25) is 9.59 Å². The van der Waals surface area contributed by atoms with Gasteiger partial charge in [0, 0.05) is 25.0 Å². The molecule has 4 nitrogen and oxygen atoms in total. The van der Waals surface area contributed by atoms with Crippen LogP contribution in [0.4, 0.5) is 13.2 Å². The van der Waals surface area contributed by atoms with Crippen LogP contribution in [0.1, 0.15) is 33.1 Å². The number of halogens is 3. The Kier molecular flexibility index (Phi) is 3.73. The third-order valence-electron chi connectivity index (χ3n) is 4.47. The second-order valence-corrected chi connectivity index (χ2v) is 6.07. The molecule has 2 rings (SSSR count). The minimum atomic E-state index is -4.29. The van der Waals surface area contributed by atoms with Gasteiger partial charge >= 0.3 is 6.18 Å². The molecule has 2 amide bonds. The lowest BCUT2D eigenvalue weighted by atomic mass is 9.87. The molecule has 0 aromatic rings. The fraction of sp³-hybridized carbons (Fsp3) is 0.846. The highest BCUT2D eigenvalue weighted by molar-refractivity contribution is 5.84. The van der Waals surface area contributed by atoms with Crippen molar-refractivity contribution in [3.05, 3.63) is 0 Å². The van der Waals surface area contributed by atoms with Crippen LogP contribution >= 0.6 is 0 Å². The lowest BCUT2D eigenvalue weighted by Crippen LogP contribution is -2.53. The Hall–Kier alpha value is -1.27. The van der Waals surface area contributed by atoms with E-state index in [0.717, 1.165) is 0 Å². The van der Waals surface area contributed by atoms with E-state index in [-0.39, 0.29) is 37.7 Å². The third-order valence-corrected chi connectivity index (χ3v) is 4.47. The zero-order valence-corrected chi connectivity index (χ0v) is 11.6. The number of hydrogen-bond acceptors (Lipinski definition) is 2. The first-order chi connectivity index (χ1) is 9.14. The van der Waals surface area contributed by atoms with E-state index in [9.17, 15) is 22.8 Å². The van der Waals surface area contributed by atoms with Crippen LogP contribution in [0.2, 0.25) is 0 Å². The van der Waals surface area contributed by atoms with E-state index in [4.69, 9.17) is 0 Å². The molecular weight excluding hydrogens is 273 g/mol. The normalized spacial score (nSPS) is 30.2. The van der Waals surface area contributed by atoms with Gasteiger partial charge in [0.05, 0.1) is 11.8 Å². The first-order valence-corrected chi connectivity index (χ1v) is 6.79. The molecule has 0 unspecified atom stereocenters. The lowest BCUT2D eigenvalue weighted by Gasteiger charge is -2.39. The predicted octanol–water partition coefficient (Wildman–Crippen LogP) is 1.70. The lowest BCUT2D eigenvalue weighted by molar-refractivity contribution is -0.192. The van der Waals surface area contributed by atoms with Crippen LogP contribution in [0, 0.1) is 11.8 Å². The van der Waals surface area contributed by atoms with Crippen molar-refractivity contribution in [1.82, 2.24) is 10.2 Å². The fourth-order valence-corrected chi connectivity index (χ4v) is 3.21. The van der Waals surface area contributed by atoms with Crippen LogP contribution in [0.15, 0.2) is 0 Å². The summed E-state index contributed by atoms with van der Waals surface area (Å²) in [5.41, 5.74) is -1.23. The molecular formula is C13H19F3N2O2. The number of rotatable bonds is 1. The summed E-state index contributed by atoms with van der Waals surface area (Å²) >= 11 is 0. The second-order valence-electron chi connectivity index (χ2n) is 6.07. The number of carbonyl (C=O) groups excluding carboxylic acids is 2. The molecule has 0 aromatic heterocycles. The van der Waals surface area contributed by atoms with Gasteiger partial charge in [0.15, 0.2) is 0 Å². The average molecular weight is 292 g/mol. The highest BCUT2D eigenvalue weighted by Gasteiger charge is 2.56. The van der Waals surface area contributed by atoms with E-state index < -0.39 is 23.6 Å². The highest BCUT2D eigenvalue weighted by Crippen LogP contribution is 2.45. The summed E-state index contributed by atoms with van der Waals surface area (Å²) in [5.74, 6) is -2.28. The van der Waals surface area contributed by atoms with Crippen LogP contribution in [0.25, 0.3) is 0 Å². The molecule has 0 bridgehead atoms. The number of piperidine rings is 1. The van der Waals surface area contributed by atoms with Crippen molar-refractivity contribution in [3.63, 3.8) is 0 Å². The molecule has 7 heteroatoms. The Morgan fingerprint density at radius 1 is 1.35 bits per heavy atom. The zero-order chi connectivity index (χ0) is 15.1. The van der Waals surface area contributed by atoms with Gasteiger partial charge in [-0.1, -0.05) is 0 Å². The zero-order valence-electron chi connectivity index (χ0n) is 11.6. The molecule has 0 radical (unpaired) electrons. The van der Waals surface area contributed by atoms with Crippen molar-refractivity contribution < 1.29 is 22.8 Å². The van der Waals surface area contributed by atoms with E-state index in [1.54, 1.807) is 0 Å². The number of amides is 2. The molecule has 0 aliphatic carbocycles. The fourth-order valence-electron chi connectivity index (χ4n) is 3.21. The Balaban J connectivity index is 2.10. The minimum Gasteiger partial charge on any atom is -0.355 e. The van der Waals surface area contributed by atoms with E-state index in [1.165, 1.54) is 18.7 Å². The van der Waals surface area contributed by atoms with Crippen LogP contribution < -0.4 is 5.32 Å². The van der Waals surface area contributed by atoms with Gasteiger partial charge in [-0.2, -0.15) is 13.2 Å². The molecule has 1 N–H and O–H groups in total. The van der Waals surface area contributed by atoms with Gasteiger partial charge in [-0.05, 0) is 26.7 Å². The Morgan fingerprint density at radius 3 is 2.45 bits per heavy atom. The molecule has 20 heavy (non-hydrogen) atoms. The number of alkyl halides is 3. The molecule has 0 aromatic carbocycles. The molecule has 0 spiro atoms. The summed E-state index contributed by atoms with van der Waals surface area (Å²) in [6, 6.07) is 0. The van der Waals surface area contributed by atoms with E-state index >= 15 is 0 Å². The van der Waals surface area contributed by atoms with Gasteiger partial charge in [-0.15, -0.1) is 0 Å². The third kappa shape index (κ3) is 2.62. The van der Waals surface area contributed by atoms with Gasteiger partial charge in [0.2, 0.25) is 11.8 Å². The summed E-state index contributed by atoms with van der Waals surface area (Å²) in [5, 5.41) is 2.60. The van der Waals surface area contributed by atoms with Crippen molar-refractivity contribution in [1.29, 1.82) is 0 Å². The van der Waals surface area contributed by atoms with Crippen molar-refractivity contribution >= 4 is 11.8 Å². The Bertz CT molecular complexity index is 410. The van der Waals surface area contributed by atoms with Gasteiger partial charge in [-0.25, -0.2) is 0 Å². The molecule has 2 fully saturated rings. The largest absolute Gasteiger partial charge is 0.394 e. The van der Waals surface area contributed by atoms with Crippen LogP contribution in [0.3, 0.4) is 0 Å². The van der Waals surface area contributed by atoms with Crippen molar-refractivity contribution in [2.45, 2.75) is 44.8 Å². The maximum Gasteiger partial charge on any atom is 0.394 e. The molecule has 0 saturated carbocycles. The van der Waals surface area contributed by atoms with Crippen LogP contribution in [-0.4, -0.2) is 41.5 Å². The monoisotopic (exact) mass is 292 g/mol. The Labute approximate surface area is 115 Å². The van der Waals surface area contributed by atoms with Crippen molar-refractivity contribution in [3.8, 4) is 0 Å². The molecule has 2 aliphatic rings. The van der Waals surface area contributed by atoms with Crippen molar-refractivity contribution in [2.24, 2.45) is 11.8 Å². The number of hydrogen-bond donors (Lipinski definition) is 1. The number of carbonyl (C=O) groups is 2. The maximum atomic E-state index is 13.0. The van der Waals surface area contributed by atoms with Crippen LogP contribution in [-0.2, 0) is 9.59 Å². The first-order valence-electron chi connectivity index (χ1n) is 6.79. The summed E-state index contributed by atoms with van der Waals surface area (Å²) in [6.45, 7) is 3.29. The van der Waals surface area contributed by atoms with Crippen LogP contribution in [0.5, 0.6) is 0 Å². The molecule has 2 heterocycles. The molecule has 2 aliphatic heterocycles. The first kappa shape index (κ1) is 15.1. The molecule has 2 atom stereocenters. The summed E-state index contributed by atoms with van der Waals surface area (Å²) < 4.78 is 39.0. The summed E-state index contributed by atoms with van der Waals surface area (Å²) in [4.78, 5) is 24.8. The smallest absolute Gasteiger partial charge is 0.355 e. The number of nitrogens with zero attached hydrogens (tertiary/aromatic N) is 1. The van der Waals surface area contributed by atoms with E-state index in [1.807, 2.05) is 0 Å². The molecule has 2 saturated heterocycles. The molecule has 114 valence electrons. The Morgan fingerprint density at radius 2 is 2.00 bits per heavy atom. The summed E-state index contributed by atoms with van der Waals surface area (Å²) in [6.07, 6.45) is -3.68. The maximum absolute atomic E-state index is 13.0. The quantitative estimate of drug-likeness (QED) is 0.800. The minimum absolute atomic E-state index is 0.0542. The summed E-state index contributed by atoms with van der Waals surface area (Å²) in [7, 11) is 0. The van der Waals surface area contributed by atoms with Gasteiger partial charge in [0.25, 0.3) is 0 Å². The number of nitrogens with one attached hydrogen (secondary N) is 1. The number of likely N-dealkylation sites (tertiary alicyclic amines) is 1.